The number of ether oxygens (including phenoxy) is 4. The van der Waals surface area contributed by atoms with Gasteiger partial charge in [0.15, 0.2) is 5.79 Å². The molecule has 2 saturated heterocycles. The number of epoxide rings is 1. The zero-order chi connectivity index (χ0) is 17.8. The fraction of sp³-hybridized carbons (Fsp3) is 0.833. The second-order valence-electron chi connectivity index (χ2n) is 8.15. The molecule has 6 nitrogen and oxygen atoms in total. The van der Waals surface area contributed by atoms with Crippen LogP contribution in [-0.2, 0) is 23.7 Å². The lowest BCUT2D eigenvalue weighted by molar-refractivity contribution is -0.209. The van der Waals surface area contributed by atoms with E-state index in [2.05, 4.69) is 18.6 Å². The lowest BCUT2D eigenvalue weighted by Crippen LogP contribution is -2.58. The van der Waals surface area contributed by atoms with Crippen LogP contribution in [-0.4, -0.2) is 54.5 Å². The Balaban J connectivity index is 1.81. The molecule has 24 heavy (non-hydrogen) atoms. The molecule has 3 fully saturated rings. The number of hydrogen-bond donors (Lipinski definition) is 1. The van der Waals surface area contributed by atoms with Gasteiger partial charge in [-0.2, -0.15) is 0 Å². The Morgan fingerprint density at radius 1 is 1.25 bits per heavy atom. The highest BCUT2D eigenvalue weighted by Crippen LogP contribution is 2.70. The van der Waals surface area contributed by atoms with Crippen LogP contribution >= 0.6 is 0 Å². The molecule has 3 rings (SSSR count). The molecule has 6 heteroatoms. The summed E-state index contributed by atoms with van der Waals surface area (Å²) in [7, 11) is 1.34. The first-order chi connectivity index (χ1) is 11.1. The summed E-state index contributed by atoms with van der Waals surface area (Å²) in [5, 5.41) is 11.0. The first-order valence-corrected chi connectivity index (χ1v) is 8.51. The second kappa shape index (κ2) is 5.53. The number of rotatable bonds is 4. The maximum Gasteiger partial charge on any atom is 0.330 e. The number of hydrogen-bond acceptors (Lipinski definition) is 6. The number of fused-ring (bicyclic) bond motifs is 1. The Morgan fingerprint density at radius 3 is 2.42 bits per heavy atom. The van der Waals surface area contributed by atoms with Crippen molar-refractivity contribution in [2.45, 2.75) is 70.1 Å². The van der Waals surface area contributed by atoms with Gasteiger partial charge in [-0.15, -0.1) is 0 Å². The van der Waals surface area contributed by atoms with Crippen molar-refractivity contribution in [2.24, 2.45) is 5.41 Å². The number of carbonyl (C=O) groups excluding carboxylic acids is 1. The predicted molar refractivity (Wildman–Crippen MR) is 86.3 cm³/mol. The molecule has 2 heterocycles. The molecule has 3 aliphatic rings. The van der Waals surface area contributed by atoms with E-state index in [9.17, 15) is 9.90 Å². The van der Waals surface area contributed by atoms with Gasteiger partial charge < -0.3 is 24.1 Å². The SMILES string of the molecule is COC(=O)/C=C(\C)CC(O)C12OC1(C)CC1(CC2(C)C)OCCO1. The van der Waals surface area contributed by atoms with Crippen molar-refractivity contribution in [3.63, 3.8) is 0 Å². The third-order valence-corrected chi connectivity index (χ3v) is 5.82. The number of methoxy groups -OCH3 is 1. The number of carbonyl (C=O) groups is 1. The molecule has 1 N–H and O–H groups in total. The Labute approximate surface area is 143 Å². The smallest absolute Gasteiger partial charge is 0.330 e. The molecule has 136 valence electrons. The number of esters is 1. The summed E-state index contributed by atoms with van der Waals surface area (Å²) >= 11 is 0. The molecule has 2 aliphatic heterocycles. The van der Waals surface area contributed by atoms with Gasteiger partial charge in [-0.1, -0.05) is 19.4 Å². The fourth-order valence-corrected chi connectivity index (χ4v) is 5.07. The molecule has 0 aromatic heterocycles. The van der Waals surface area contributed by atoms with E-state index in [0.717, 1.165) is 5.57 Å². The van der Waals surface area contributed by atoms with Gasteiger partial charge in [0.2, 0.25) is 0 Å². The quantitative estimate of drug-likeness (QED) is 0.479. The van der Waals surface area contributed by atoms with Crippen molar-refractivity contribution in [1.82, 2.24) is 0 Å². The lowest BCUT2D eigenvalue weighted by Gasteiger charge is -2.47. The van der Waals surface area contributed by atoms with Crippen molar-refractivity contribution in [3.8, 4) is 0 Å². The van der Waals surface area contributed by atoms with Crippen LogP contribution in [0.4, 0.5) is 0 Å². The summed E-state index contributed by atoms with van der Waals surface area (Å²) in [5.74, 6) is -1.01. The van der Waals surface area contributed by atoms with Crippen LogP contribution in [0.3, 0.4) is 0 Å². The normalized spacial score (nSPS) is 37.8. The fourth-order valence-electron chi connectivity index (χ4n) is 5.07. The molecule has 0 amide bonds. The van der Waals surface area contributed by atoms with Gasteiger partial charge in [0.05, 0.1) is 26.4 Å². The Morgan fingerprint density at radius 2 is 1.88 bits per heavy atom. The monoisotopic (exact) mass is 340 g/mol. The van der Waals surface area contributed by atoms with E-state index in [1.54, 1.807) is 0 Å². The summed E-state index contributed by atoms with van der Waals surface area (Å²) in [4.78, 5) is 11.4. The molecule has 0 bridgehead atoms. The van der Waals surface area contributed by atoms with Gasteiger partial charge in [0, 0.05) is 24.3 Å². The number of aliphatic hydroxyl groups is 1. The van der Waals surface area contributed by atoms with E-state index in [-0.39, 0.29) is 5.41 Å². The largest absolute Gasteiger partial charge is 0.466 e. The Hall–Kier alpha value is -0.950. The molecular weight excluding hydrogens is 312 g/mol. The molecule has 3 unspecified atom stereocenters. The van der Waals surface area contributed by atoms with Crippen LogP contribution in [0.15, 0.2) is 11.6 Å². The molecule has 0 radical (unpaired) electrons. The zero-order valence-electron chi connectivity index (χ0n) is 15.2. The van der Waals surface area contributed by atoms with E-state index in [1.807, 2.05) is 13.8 Å². The first-order valence-electron chi connectivity index (χ1n) is 8.51. The van der Waals surface area contributed by atoms with E-state index in [1.165, 1.54) is 13.2 Å². The summed E-state index contributed by atoms with van der Waals surface area (Å²) in [6.45, 7) is 9.21. The Bertz CT molecular complexity index is 562. The minimum Gasteiger partial charge on any atom is -0.466 e. The van der Waals surface area contributed by atoms with Gasteiger partial charge in [-0.25, -0.2) is 4.79 Å². The second-order valence-corrected chi connectivity index (χ2v) is 8.15. The molecule has 1 aliphatic carbocycles. The summed E-state index contributed by atoms with van der Waals surface area (Å²) in [5.41, 5.74) is -0.712. The minimum atomic E-state index is -0.711. The predicted octanol–water partition coefficient (Wildman–Crippen LogP) is 1.95. The van der Waals surface area contributed by atoms with Gasteiger partial charge in [0.25, 0.3) is 0 Å². The third kappa shape index (κ3) is 2.51. The average molecular weight is 340 g/mol. The maximum absolute atomic E-state index is 11.4. The lowest BCUT2D eigenvalue weighted by atomic mass is 9.59. The topological polar surface area (TPSA) is 77.5 Å². The molecule has 0 aromatic carbocycles. The number of aliphatic hydroxyl groups excluding tert-OH is 1. The van der Waals surface area contributed by atoms with Gasteiger partial charge in [0.1, 0.15) is 11.2 Å². The standard InChI is InChI=1S/C18H28O6/c1-12(9-14(20)21-5)8-13(19)18-15(2,3)10-17(22-6-7-23-17)11-16(18,4)24-18/h9,13,19H,6-8,10-11H2,1-5H3/b12-9+. The molecular formula is C18H28O6. The van der Waals surface area contributed by atoms with Crippen LogP contribution < -0.4 is 0 Å². The summed E-state index contributed by atoms with van der Waals surface area (Å²) in [6.07, 6.45) is 2.35. The minimum absolute atomic E-state index is 0.324. The average Bonchev–Trinajstić information content (AvgIpc) is 2.89. The van der Waals surface area contributed by atoms with Crippen LogP contribution in [0.1, 0.15) is 47.0 Å². The third-order valence-electron chi connectivity index (χ3n) is 5.82. The first kappa shape index (κ1) is 17.9. The van der Waals surface area contributed by atoms with E-state index in [4.69, 9.17) is 14.2 Å². The van der Waals surface area contributed by atoms with Gasteiger partial charge in [-0.05, 0) is 20.3 Å². The van der Waals surface area contributed by atoms with Crippen LogP contribution in [0.2, 0.25) is 0 Å². The zero-order valence-corrected chi connectivity index (χ0v) is 15.2. The maximum atomic E-state index is 11.4. The van der Waals surface area contributed by atoms with Crippen molar-refractivity contribution in [2.75, 3.05) is 20.3 Å². The van der Waals surface area contributed by atoms with Crippen LogP contribution in [0.5, 0.6) is 0 Å². The molecule has 0 aromatic rings. The van der Waals surface area contributed by atoms with Gasteiger partial charge >= 0.3 is 5.97 Å². The van der Waals surface area contributed by atoms with Gasteiger partial charge in [-0.3, -0.25) is 0 Å². The van der Waals surface area contributed by atoms with E-state index >= 15 is 0 Å². The van der Waals surface area contributed by atoms with Crippen molar-refractivity contribution < 1.29 is 28.8 Å². The van der Waals surface area contributed by atoms with Crippen LogP contribution in [0, 0.1) is 5.41 Å². The van der Waals surface area contributed by atoms with E-state index < -0.39 is 29.1 Å². The molecule has 1 saturated carbocycles. The molecule has 3 atom stereocenters. The van der Waals surface area contributed by atoms with Crippen molar-refractivity contribution >= 4 is 5.97 Å². The van der Waals surface area contributed by atoms with Crippen LogP contribution in [0.25, 0.3) is 0 Å². The van der Waals surface area contributed by atoms with E-state index in [0.29, 0.717) is 32.5 Å². The molecule has 1 spiro atoms. The Kier molecular flexibility index (Phi) is 4.11. The van der Waals surface area contributed by atoms with Crippen molar-refractivity contribution in [1.29, 1.82) is 0 Å². The highest BCUT2D eigenvalue weighted by atomic mass is 16.7. The summed E-state index contributed by atoms with van der Waals surface area (Å²) < 4.78 is 22.6. The highest BCUT2D eigenvalue weighted by Gasteiger charge is 2.81. The summed E-state index contributed by atoms with van der Waals surface area (Å²) in [6, 6.07) is 0. The highest BCUT2D eigenvalue weighted by molar-refractivity contribution is 5.82. The van der Waals surface area contributed by atoms with Crippen molar-refractivity contribution in [3.05, 3.63) is 11.6 Å².